The van der Waals surface area contributed by atoms with Crippen molar-refractivity contribution in [3.05, 3.63) is 35.6 Å². The van der Waals surface area contributed by atoms with Gasteiger partial charge in [-0.05, 0) is 56.2 Å². The number of rotatable bonds is 3. The van der Waals surface area contributed by atoms with E-state index in [9.17, 15) is 14.0 Å². The Kier molecular flexibility index (Phi) is 3.82. The van der Waals surface area contributed by atoms with Gasteiger partial charge in [-0.25, -0.2) is 4.39 Å². The number of hydrogen-bond donors (Lipinski definition) is 0. The predicted molar refractivity (Wildman–Crippen MR) is 87.9 cm³/mol. The van der Waals surface area contributed by atoms with Crippen molar-refractivity contribution in [2.75, 3.05) is 26.2 Å². The number of amides is 2. The Hall–Kier alpha value is -1.91. The molecule has 4 rings (SSSR count). The van der Waals surface area contributed by atoms with Crippen LogP contribution in [0.5, 0.6) is 0 Å². The lowest BCUT2D eigenvalue weighted by Gasteiger charge is -2.38. The van der Waals surface area contributed by atoms with E-state index in [1.54, 1.807) is 17.0 Å². The summed E-state index contributed by atoms with van der Waals surface area (Å²) in [5, 5.41) is 0. The van der Waals surface area contributed by atoms with E-state index in [0.717, 1.165) is 38.3 Å². The van der Waals surface area contributed by atoms with Crippen molar-refractivity contribution in [1.82, 2.24) is 9.80 Å². The molecule has 0 bridgehead atoms. The molecule has 1 aromatic rings. The number of carbonyl (C=O) groups excluding carboxylic acids is 2. The lowest BCUT2D eigenvalue weighted by molar-refractivity contribution is -0.138. The van der Waals surface area contributed by atoms with E-state index in [1.807, 2.05) is 4.90 Å². The molecule has 1 aliphatic carbocycles. The van der Waals surface area contributed by atoms with E-state index < -0.39 is 5.82 Å². The average Bonchev–Trinajstić information content (AvgIpc) is 3.37. The SMILES string of the molecule is O=C(c1cccc(F)c1)N1CCC2(CC1)CCN(CC1CC1)C2=O. The minimum Gasteiger partial charge on any atom is -0.342 e. The van der Waals surface area contributed by atoms with Crippen molar-refractivity contribution < 1.29 is 14.0 Å². The summed E-state index contributed by atoms with van der Waals surface area (Å²) in [5.74, 6) is 0.492. The van der Waals surface area contributed by atoms with Crippen molar-refractivity contribution in [2.45, 2.75) is 32.1 Å². The number of piperidine rings is 1. The molecule has 5 heteroatoms. The summed E-state index contributed by atoms with van der Waals surface area (Å²) in [7, 11) is 0. The quantitative estimate of drug-likeness (QED) is 0.855. The first-order valence-electron chi connectivity index (χ1n) is 8.92. The Morgan fingerprint density at radius 2 is 1.88 bits per heavy atom. The lowest BCUT2D eigenvalue weighted by Crippen LogP contribution is -2.46. The van der Waals surface area contributed by atoms with Gasteiger partial charge in [-0.3, -0.25) is 9.59 Å². The van der Waals surface area contributed by atoms with Crippen LogP contribution >= 0.6 is 0 Å². The molecule has 2 amide bonds. The van der Waals surface area contributed by atoms with Crippen LogP contribution in [-0.2, 0) is 4.79 Å². The molecule has 128 valence electrons. The van der Waals surface area contributed by atoms with Gasteiger partial charge in [0.25, 0.3) is 5.91 Å². The highest BCUT2D eigenvalue weighted by atomic mass is 19.1. The van der Waals surface area contributed by atoms with Crippen LogP contribution in [0.25, 0.3) is 0 Å². The highest BCUT2D eigenvalue weighted by Crippen LogP contribution is 2.43. The molecule has 0 atom stereocenters. The minimum atomic E-state index is -0.393. The van der Waals surface area contributed by atoms with Crippen molar-refractivity contribution >= 4 is 11.8 Å². The average molecular weight is 330 g/mol. The number of hydrogen-bond acceptors (Lipinski definition) is 2. The van der Waals surface area contributed by atoms with Crippen molar-refractivity contribution in [3.8, 4) is 0 Å². The Balaban J connectivity index is 1.39. The van der Waals surface area contributed by atoms with Gasteiger partial charge in [0.1, 0.15) is 5.82 Å². The zero-order valence-electron chi connectivity index (χ0n) is 13.8. The number of likely N-dealkylation sites (tertiary alicyclic amines) is 2. The molecule has 2 saturated heterocycles. The number of carbonyl (C=O) groups is 2. The zero-order chi connectivity index (χ0) is 16.7. The van der Waals surface area contributed by atoms with Crippen LogP contribution in [0.2, 0.25) is 0 Å². The van der Waals surface area contributed by atoms with Crippen LogP contribution in [0.4, 0.5) is 4.39 Å². The highest BCUT2D eigenvalue weighted by molar-refractivity contribution is 5.94. The van der Waals surface area contributed by atoms with Crippen LogP contribution in [0, 0.1) is 17.2 Å². The molecule has 4 nitrogen and oxygen atoms in total. The summed E-state index contributed by atoms with van der Waals surface area (Å²) < 4.78 is 13.3. The Morgan fingerprint density at radius 1 is 1.17 bits per heavy atom. The Morgan fingerprint density at radius 3 is 2.54 bits per heavy atom. The van der Waals surface area contributed by atoms with Gasteiger partial charge in [0, 0.05) is 31.7 Å². The maximum Gasteiger partial charge on any atom is 0.253 e. The zero-order valence-corrected chi connectivity index (χ0v) is 13.8. The van der Waals surface area contributed by atoms with E-state index >= 15 is 0 Å². The Labute approximate surface area is 141 Å². The number of benzene rings is 1. The van der Waals surface area contributed by atoms with Crippen LogP contribution in [0.15, 0.2) is 24.3 Å². The second-order valence-electron chi connectivity index (χ2n) is 7.53. The first-order valence-corrected chi connectivity index (χ1v) is 8.92. The molecule has 0 aromatic heterocycles. The fourth-order valence-electron chi connectivity index (χ4n) is 4.08. The topological polar surface area (TPSA) is 40.6 Å². The van der Waals surface area contributed by atoms with Gasteiger partial charge in [-0.1, -0.05) is 6.07 Å². The third kappa shape index (κ3) is 2.80. The third-order valence-corrected chi connectivity index (χ3v) is 5.86. The summed E-state index contributed by atoms with van der Waals surface area (Å²) in [4.78, 5) is 29.1. The van der Waals surface area contributed by atoms with Gasteiger partial charge >= 0.3 is 0 Å². The molecule has 24 heavy (non-hydrogen) atoms. The molecule has 2 heterocycles. The molecule has 3 aliphatic rings. The molecule has 0 unspecified atom stereocenters. The molecule has 0 radical (unpaired) electrons. The second kappa shape index (κ2) is 5.87. The fraction of sp³-hybridized carbons (Fsp3) is 0.579. The van der Waals surface area contributed by atoms with E-state index in [-0.39, 0.29) is 11.3 Å². The third-order valence-electron chi connectivity index (χ3n) is 5.86. The maximum absolute atomic E-state index is 13.3. The standard InChI is InChI=1S/C19H23FN2O2/c20-16-3-1-2-15(12-16)17(23)21-9-6-19(7-10-21)8-11-22(18(19)24)13-14-4-5-14/h1-3,12,14H,4-11,13H2. The predicted octanol–water partition coefficient (Wildman–Crippen LogP) is 2.69. The normalized spacial score (nSPS) is 23.1. The first-order chi connectivity index (χ1) is 11.6. The van der Waals surface area contributed by atoms with Crippen molar-refractivity contribution in [3.63, 3.8) is 0 Å². The molecule has 0 N–H and O–H groups in total. The summed E-state index contributed by atoms with van der Waals surface area (Å²) in [6.45, 7) is 2.95. The van der Waals surface area contributed by atoms with Crippen LogP contribution in [0.3, 0.4) is 0 Å². The van der Waals surface area contributed by atoms with Crippen LogP contribution in [-0.4, -0.2) is 47.8 Å². The molecule has 3 fully saturated rings. The Bertz CT molecular complexity index is 663. The van der Waals surface area contributed by atoms with E-state index in [2.05, 4.69) is 0 Å². The largest absolute Gasteiger partial charge is 0.342 e. The molecular weight excluding hydrogens is 307 g/mol. The molecule has 1 aromatic carbocycles. The summed E-state index contributed by atoms with van der Waals surface area (Å²) in [6.07, 6.45) is 4.89. The van der Waals surface area contributed by atoms with Gasteiger partial charge < -0.3 is 9.80 Å². The fourth-order valence-corrected chi connectivity index (χ4v) is 4.08. The number of halogens is 1. The maximum atomic E-state index is 13.3. The summed E-state index contributed by atoms with van der Waals surface area (Å²) in [6, 6.07) is 5.83. The van der Waals surface area contributed by atoms with Crippen LogP contribution in [0.1, 0.15) is 42.5 Å². The minimum absolute atomic E-state index is 0.135. The summed E-state index contributed by atoms with van der Waals surface area (Å²) in [5.41, 5.74) is 0.132. The molecule has 1 saturated carbocycles. The highest BCUT2D eigenvalue weighted by Gasteiger charge is 2.49. The smallest absolute Gasteiger partial charge is 0.253 e. The van der Waals surface area contributed by atoms with Gasteiger partial charge in [0.05, 0.1) is 5.41 Å². The number of nitrogens with zero attached hydrogens (tertiary/aromatic N) is 2. The van der Waals surface area contributed by atoms with Crippen molar-refractivity contribution in [1.29, 1.82) is 0 Å². The van der Waals surface area contributed by atoms with E-state index in [0.29, 0.717) is 24.6 Å². The molecule has 1 spiro atoms. The van der Waals surface area contributed by atoms with Crippen LogP contribution < -0.4 is 0 Å². The van der Waals surface area contributed by atoms with E-state index in [4.69, 9.17) is 0 Å². The molecule has 2 aliphatic heterocycles. The van der Waals surface area contributed by atoms with E-state index in [1.165, 1.54) is 25.0 Å². The van der Waals surface area contributed by atoms with Gasteiger partial charge in [-0.2, -0.15) is 0 Å². The lowest BCUT2D eigenvalue weighted by atomic mass is 9.77. The monoisotopic (exact) mass is 330 g/mol. The van der Waals surface area contributed by atoms with Gasteiger partial charge in [-0.15, -0.1) is 0 Å². The first kappa shape index (κ1) is 15.6. The summed E-state index contributed by atoms with van der Waals surface area (Å²) >= 11 is 0. The molecular formula is C19H23FN2O2. The second-order valence-corrected chi connectivity index (χ2v) is 7.53. The van der Waals surface area contributed by atoms with Crippen molar-refractivity contribution in [2.24, 2.45) is 11.3 Å². The van der Waals surface area contributed by atoms with Gasteiger partial charge in [0.15, 0.2) is 0 Å². The van der Waals surface area contributed by atoms with Gasteiger partial charge in [0.2, 0.25) is 5.91 Å².